The Morgan fingerprint density at radius 3 is 2.47 bits per heavy atom. The van der Waals surface area contributed by atoms with Gasteiger partial charge in [-0.2, -0.15) is 0 Å². The number of nitrogens with zero attached hydrogens (tertiary/aromatic N) is 1. The molecule has 2 fully saturated rings. The summed E-state index contributed by atoms with van der Waals surface area (Å²) in [4.78, 5) is 0. The Morgan fingerprint density at radius 2 is 1.69 bits per heavy atom. The lowest BCUT2D eigenvalue weighted by molar-refractivity contribution is -0.225. The van der Waals surface area contributed by atoms with E-state index in [4.69, 9.17) is 28.2 Å². The SMILES string of the molecule is CC1(C)O[C@H]2O[C@H](COCc3cc(-c4ccccc4)no3)[C@H](OCc3ccccc3)[C@H]2O1. The Hall–Kier alpha value is -2.55. The smallest absolute Gasteiger partial charge is 0.190 e. The number of fused-ring (bicyclic) bond motifs is 1. The third-order valence-electron chi connectivity index (χ3n) is 5.53. The van der Waals surface area contributed by atoms with Crippen molar-refractivity contribution in [1.29, 1.82) is 0 Å². The van der Waals surface area contributed by atoms with Crippen molar-refractivity contribution in [2.24, 2.45) is 0 Å². The van der Waals surface area contributed by atoms with Gasteiger partial charge in [-0.1, -0.05) is 65.8 Å². The quantitative estimate of drug-likeness (QED) is 0.520. The molecule has 3 aromatic rings. The van der Waals surface area contributed by atoms with Crippen molar-refractivity contribution in [3.05, 3.63) is 78.1 Å². The van der Waals surface area contributed by atoms with E-state index in [2.05, 4.69) is 5.16 Å². The maximum absolute atomic E-state index is 6.23. The summed E-state index contributed by atoms with van der Waals surface area (Å²) in [5.74, 6) is -0.0548. The van der Waals surface area contributed by atoms with Crippen molar-refractivity contribution in [3.63, 3.8) is 0 Å². The number of ether oxygens (including phenoxy) is 5. The van der Waals surface area contributed by atoms with E-state index in [1.807, 2.05) is 80.6 Å². The Labute approximate surface area is 187 Å². The number of aromatic nitrogens is 1. The molecule has 168 valence electrons. The molecule has 7 nitrogen and oxygen atoms in total. The van der Waals surface area contributed by atoms with Gasteiger partial charge < -0.3 is 28.2 Å². The first-order valence-corrected chi connectivity index (χ1v) is 10.8. The Bertz CT molecular complexity index is 1010. The lowest BCUT2D eigenvalue weighted by Gasteiger charge is -2.25. The molecule has 0 aliphatic carbocycles. The standard InChI is InChI=1S/C25H27NO6/c1-25(2)30-23-22(28-14-17-9-5-3-6-10-17)21(29-24(23)31-25)16-27-15-19-13-20(26-32-19)18-11-7-4-8-12-18/h3-13,21-24H,14-16H2,1-2H3/t21-,22+,23-,24-/m1/s1. The number of hydrogen-bond donors (Lipinski definition) is 0. The summed E-state index contributed by atoms with van der Waals surface area (Å²) in [5.41, 5.74) is 2.87. The largest absolute Gasteiger partial charge is 0.371 e. The zero-order valence-electron chi connectivity index (χ0n) is 18.2. The van der Waals surface area contributed by atoms with Crippen molar-refractivity contribution >= 4 is 0 Å². The molecule has 2 aromatic carbocycles. The van der Waals surface area contributed by atoms with Crippen LogP contribution in [0.3, 0.4) is 0 Å². The highest BCUT2D eigenvalue weighted by molar-refractivity contribution is 5.58. The summed E-state index contributed by atoms with van der Waals surface area (Å²) in [6.45, 7) is 4.82. The van der Waals surface area contributed by atoms with Crippen LogP contribution in [-0.4, -0.2) is 42.2 Å². The topological polar surface area (TPSA) is 72.2 Å². The van der Waals surface area contributed by atoms with Crippen molar-refractivity contribution < 1.29 is 28.2 Å². The van der Waals surface area contributed by atoms with Crippen LogP contribution in [0.2, 0.25) is 0 Å². The van der Waals surface area contributed by atoms with E-state index in [0.717, 1.165) is 16.8 Å². The third kappa shape index (κ3) is 4.77. The minimum Gasteiger partial charge on any atom is -0.371 e. The van der Waals surface area contributed by atoms with Crippen LogP contribution in [0.25, 0.3) is 11.3 Å². The molecule has 5 rings (SSSR count). The van der Waals surface area contributed by atoms with Gasteiger partial charge in [-0.25, -0.2) is 0 Å². The predicted molar refractivity (Wildman–Crippen MR) is 115 cm³/mol. The molecular formula is C25H27NO6. The first-order chi connectivity index (χ1) is 15.6. The maximum atomic E-state index is 6.23. The minimum absolute atomic E-state index is 0.285. The van der Waals surface area contributed by atoms with Crippen LogP contribution >= 0.6 is 0 Å². The van der Waals surface area contributed by atoms with Gasteiger partial charge in [0.1, 0.15) is 30.6 Å². The summed E-state index contributed by atoms with van der Waals surface area (Å²) < 4.78 is 35.6. The fourth-order valence-corrected chi connectivity index (χ4v) is 4.05. The molecule has 0 radical (unpaired) electrons. The molecule has 3 heterocycles. The highest BCUT2D eigenvalue weighted by Crippen LogP contribution is 2.39. The van der Waals surface area contributed by atoms with Gasteiger partial charge in [0.25, 0.3) is 0 Å². The molecule has 0 saturated carbocycles. The van der Waals surface area contributed by atoms with Crippen LogP contribution in [0.1, 0.15) is 25.2 Å². The summed E-state index contributed by atoms with van der Waals surface area (Å²) in [5, 5.41) is 4.13. The van der Waals surface area contributed by atoms with Gasteiger partial charge in [-0.05, 0) is 19.4 Å². The van der Waals surface area contributed by atoms with Gasteiger partial charge in [0.15, 0.2) is 17.8 Å². The van der Waals surface area contributed by atoms with Crippen LogP contribution in [0.15, 0.2) is 71.3 Å². The summed E-state index contributed by atoms with van der Waals surface area (Å²) >= 11 is 0. The van der Waals surface area contributed by atoms with Gasteiger partial charge in [0, 0.05) is 11.6 Å². The zero-order chi connectivity index (χ0) is 22.0. The molecule has 0 bridgehead atoms. The number of hydrogen-bond acceptors (Lipinski definition) is 7. The van der Waals surface area contributed by atoms with E-state index < -0.39 is 12.1 Å². The van der Waals surface area contributed by atoms with Crippen LogP contribution < -0.4 is 0 Å². The Balaban J connectivity index is 1.20. The third-order valence-corrected chi connectivity index (χ3v) is 5.53. The summed E-state index contributed by atoms with van der Waals surface area (Å²) in [7, 11) is 0. The van der Waals surface area contributed by atoms with Crippen molar-refractivity contribution in [3.8, 4) is 11.3 Å². The fourth-order valence-electron chi connectivity index (χ4n) is 4.05. The Morgan fingerprint density at radius 1 is 0.938 bits per heavy atom. The van der Waals surface area contributed by atoms with Crippen molar-refractivity contribution in [2.45, 2.75) is 57.5 Å². The number of rotatable bonds is 8. The molecule has 32 heavy (non-hydrogen) atoms. The van der Waals surface area contributed by atoms with Gasteiger partial charge in [0.2, 0.25) is 0 Å². The summed E-state index contributed by atoms with van der Waals surface area (Å²) in [6, 6.07) is 21.8. The normalized spacial score (nSPS) is 26.3. The molecule has 2 saturated heterocycles. The first kappa shape index (κ1) is 21.3. The Kier molecular flexibility index (Phi) is 6.08. The van der Waals surface area contributed by atoms with Crippen molar-refractivity contribution in [1.82, 2.24) is 5.16 Å². The predicted octanol–water partition coefficient (Wildman–Crippen LogP) is 4.32. The van der Waals surface area contributed by atoms with Crippen LogP contribution in [-0.2, 0) is 36.9 Å². The molecule has 2 aliphatic heterocycles. The van der Waals surface area contributed by atoms with Crippen LogP contribution in [0, 0.1) is 0 Å². The second-order valence-corrected chi connectivity index (χ2v) is 8.46. The lowest BCUT2D eigenvalue weighted by Crippen LogP contribution is -2.38. The average molecular weight is 437 g/mol. The minimum atomic E-state index is -0.705. The van der Waals surface area contributed by atoms with E-state index in [1.54, 1.807) is 0 Å². The van der Waals surface area contributed by atoms with Gasteiger partial charge >= 0.3 is 0 Å². The van der Waals surface area contributed by atoms with E-state index in [1.165, 1.54) is 0 Å². The van der Waals surface area contributed by atoms with E-state index in [0.29, 0.717) is 19.0 Å². The van der Waals surface area contributed by atoms with E-state index in [9.17, 15) is 0 Å². The monoisotopic (exact) mass is 437 g/mol. The molecule has 0 amide bonds. The molecular weight excluding hydrogens is 410 g/mol. The molecule has 2 aliphatic rings. The molecule has 4 atom stereocenters. The molecule has 0 unspecified atom stereocenters. The van der Waals surface area contributed by atoms with Crippen LogP contribution in [0.5, 0.6) is 0 Å². The van der Waals surface area contributed by atoms with E-state index in [-0.39, 0.29) is 24.9 Å². The average Bonchev–Trinajstić information content (AvgIpc) is 3.46. The highest BCUT2D eigenvalue weighted by Gasteiger charge is 2.55. The maximum Gasteiger partial charge on any atom is 0.190 e. The second-order valence-electron chi connectivity index (χ2n) is 8.46. The van der Waals surface area contributed by atoms with E-state index >= 15 is 0 Å². The van der Waals surface area contributed by atoms with Crippen LogP contribution in [0.4, 0.5) is 0 Å². The summed E-state index contributed by atoms with van der Waals surface area (Å²) in [6.07, 6.45) is -1.41. The zero-order valence-corrected chi connectivity index (χ0v) is 18.2. The van der Waals surface area contributed by atoms with Gasteiger partial charge in [-0.15, -0.1) is 0 Å². The number of benzene rings is 2. The molecule has 0 N–H and O–H groups in total. The lowest BCUT2D eigenvalue weighted by atomic mass is 10.1. The van der Waals surface area contributed by atoms with Gasteiger partial charge in [-0.3, -0.25) is 0 Å². The molecule has 0 spiro atoms. The van der Waals surface area contributed by atoms with Gasteiger partial charge in [0.05, 0.1) is 13.2 Å². The highest BCUT2D eigenvalue weighted by atomic mass is 16.8. The molecule has 7 heteroatoms. The second kappa shape index (κ2) is 9.13. The molecule has 1 aromatic heterocycles. The first-order valence-electron chi connectivity index (χ1n) is 10.8. The van der Waals surface area contributed by atoms with Crippen molar-refractivity contribution in [2.75, 3.05) is 6.61 Å². The fraction of sp³-hybridized carbons (Fsp3) is 0.400.